The van der Waals surface area contributed by atoms with Crippen molar-refractivity contribution in [1.82, 2.24) is 20.0 Å². The van der Waals surface area contributed by atoms with Crippen LogP contribution in [-0.4, -0.2) is 72.3 Å². The first-order valence-corrected chi connectivity index (χ1v) is 13.9. The summed E-state index contributed by atoms with van der Waals surface area (Å²) in [6, 6.07) is 26.4. The van der Waals surface area contributed by atoms with Gasteiger partial charge in [-0.2, -0.15) is 0 Å². The molecular weight excluding hydrogens is 472 g/mol. The van der Waals surface area contributed by atoms with Gasteiger partial charge < -0.3 is 15.1 Å². The summed E-state index contributed by atoms with van der Waals surface area (Å²) in [5.74, 6) is -0.341. The monoisotopic (exact) mass is 508 g/mol. The van der Waals surface area contributed by atoms with Crippen LogP contribution in [0.2, 0.25) is 0 Å². The van der Waals surface area contributed by atoms with Gasteiger partial charge in [-0.25, -0.2) is 0 Å². The van der Waals surface area contributed by atoms with Crippen LogP contribution in [0.5, 0.6) is 0 Å². The van der Waals surface area contributed by atoms with Crippen molar-refractivity contribution >= 4 is 11.8 Å². The molecule has 0 aromatic heterocycles. The lowest BCUT2D eigenvalue weighted by Gasteiger charge is -2.45. The van der Waals surface area contributed by atoms with E-state index < -0.39 is 5.92 Å². The zero-order chi connectivity index (χ0) is 25.9. The van der Waals surface area contributed by atoms with E-state index in [1.165, 1.54) is 11.1 Å². The summed E-state index contributed by atoms with van der Waals surface area (Å²) in [7, 11) is 0. The number of nitrogens with zero attached hydrogens (tertiary/aromatic N) is 3. The van der Waals surface area contributed by atoms with Gasteiger partial charge in [0.15, 0.2) is 0 Å². The normalized spacial score (nSPS) is 21.4. The number of hydrogen-bond donors (Lipinski definition) is 1. The van der Waals surface area contributed by atoms with Crippen molar-refractivity contribution in [3.63, 3.8) is 0 Å². The molecule has 6 rings (SSSR count). The molecule has 6 nitrogen and oxygen atoms in total. The zero-order valence-electron chi connectivity index (χ0n) is 21.9. The highest BCUT2D eigenvalue weighted by atomic mass is 16.2. The summed E-state index contributed by atoms with van der Waals surface area (Å²) >= 11 is 0. The lowest BCUT2D eigenvalue weighted by molar-refractivity contribution is -0.124. The Morgan fingerprint density at radius 3 is 2.29 bits per heavy atom. The minimum atomic E-state index is -0.396. The number of amides is 2. The number of carbonyl (C=O) groups is 2. The summed E-state index contributed by atoms with van der Waals surface area (Å²) in [5.41, 5.74) is 5.23. The average molecular weight is 509 g/mol. The molecule has 3 aromatic carbocycles. The molecule has 38 heavy (non-hydrogen) atoms. The van der Waals surface area contributed by atoms with Gasteiger partial charge in [-0.1, -0.05) is 72.8 Å². The molecule has 3 aliphatic rings. The molecule has 0 radical (unpaired) electrons. The molecule has 0 aliphatic carbocycles. The number of benzene rings is 3. The van der Waals surface area contributed by atoms with E-state index in [1.54, 1.807) is 0 Å². The first kappa shape index (κ1) is 24.8. The Morgan fingerprint density at radius 2 is 1.47 bits per heavy atom. The number of hydrogen-bond acceptors (Lipinski definition) is 4. The van der Waals surface area contributed by atoms with E-state index in [0.29, 0.717) is 18.7 Å². The topological polar surface area (TPSA) is 55.9 Å². The van der Waals surface area contributed by atoms with Gasteiger partial charge in [0.2, 0.25) is 5.91 Å². The molecule has 1 fully saturated rings. The molecule has 2 atom stereocenters. The number of piperazine rings is 1. The smallest absolute Gasteiger partial charge is 0.254 e. The van der Waals surface area contributed by atoms with Crippen molar-refractivity contribution in [2.45, 2.75) is 31.3 Å². The molecule has 196 valence electrons. The Labute approximate surface area is 225 Å². The Kier molecular flexibility index (Phi) is 7.25. The maximum Gasteiger partial charge on any atom is 0.254 e. The van der Waals surface area contributed by atoms with Gasteiger partial charge in [-0.15, -0.1) is 0 Å². The predicted octanol–water partition coefficient (Wildman–Crippen LogP) is 3.85. The number of rotatable bonds is 7. The highest BCUT2D eigenvalue weighted by Crippen LogP contribution is 2.45. The fraction of sp³-hybridized carbons (Fsp3) is 0.375. The SMILES string of the molecule is O=C(NCCCN1CCN(Cc2ccccc2)CC1)C1c2ccccc2C(=O)N2CCc3ccccc3C12. The molecule has 3 aliphatic heterocycles. The van der Waals surface area contributed by atoms with Gasteiger partial charge in [0, 0.05) is 51.4 Å². The fourth-order valence-corrected chi connectivity index (χ4v) is 6.39. The molecule has 1 N–H and O–H groups in total. The number of nitrogens with one attached hydrogen (secondary N) is 1. The van der Waals surface area contributed by atoms with Crippen molar-refractivity contribution in [3.8, 4) is 0 Å². The highest BCUT2D eigenvalue weighted by Gasteiger charge is 2.46. The highest BCUT2D eigenvalue weighted by molar-refractivity contribution is 6.01. The maximum absolute atomic E-state index is 13.7. The van der Waals surface area contributed by atoms with Gasteiger partial charge in [-0.05, 0) is 47.7 Å². The van der Waals surface area contributed by atoms with Gasteiger partial charge >= 0.3 is 0 Å². The first-order chi connectivity index (χ1) is 18.7. The van der Waals surface area contributed by atoms with Crippen LogP contribution in [0.4, 0.5) is 0 Å². The first-order valence-electron chi connectivity index (χ1n) is 13.9. The summed E-state index contributed by atoms with van der Waals surface area (Å²) in [4.78, 5) is 34.0. The second-order valence-electron chi connectivity index (χ2n) is 10.7. The standard InChI is InChI=1S/C32H36N4O2/c37-31(33-16-8-17-34-19-21-35(22-20-34)23-24-9-2-1-3-10-24)29-27-13-6-7-14-28(27)32(38)36-18-15-25-11-4-5-12-26(25)30(29)36/h1-7,9-14,29-30H,8,15-23H2,(H,33,37). The molecule has 1 saturated heterocycles. The van der Waals surface area contributed by atoms with Crippen LogP contribution >= 0.6 is 0 Å². The summed E-state index contributed by atoms with van der Waals surface area (Å²) in [5, 5.41) is 3.24. The lowest BCUT2D eigenvalue weighted by atomic mass is 9.76. The van der Waals surface area contributed by atoms with E-state index in [1.807, 2.05) is 41.3 Å². The third kappa shape index (κ3) is 4.98. The van der Waals surface area contributed by atoms with Crippen LogP contribution in [0, 0.1) is 0 Å². The average Bonchev–Trinajstić information content (AvgIpc) is 2.97. The van der Waals surface area contributed by atoms with Crippen LogP contribution < -0.4 is 5.32 Å². The van der Waals surface area contributed by atoms with E-state index in [2.05, 4.69) is 57.6 Å². The minimum absolute atomic E-state index is 0.0179. The summed E-state index contributed by atoms with van der Waals surface area (Å²) < 4.78 is 0. The Hall–Kier alpha value is -3.48. The van der Waals surface area contributed by atoms with E-state index in [-0.39, 0.29) is 17.9 Å². The van der Waals surface area contributed by atoms with E-state index in [9.17, 15) is 9.59 Å². The second kappa shape index (κ2) is 11.1. The van der Waals surface area contributed by atoms with Crippen LogP contribution in [0.3, 0.4) is 0 Å². The quantitative estimate of drug-likeness (QED) is 0.493. The molecule has 0 bridgehead atoms. The molecule has 0 spiro atoms. The lowest BCUT2D eigenvalue weighted by Crippen LogP contribution is -2.50. The minimum Gasteiger partial charge on any atom is -0.355 e. The van der Waals surface area contributed by atoms with Crippen molar-refractivity contribution in [2.24, 2.45) is 0 Å². The van der Waals surface area contributed by atoms with Crippen molar-refractivity contribution < 1.29 is 9.59 Å². The molecule has 2 unspecified atom stereocenters. The molecule has 3 aromatic rings. The molecular formula is C32H36N4O2. The summed E-state index contributed by atoms with van der Waals surface area (Å²) in [6.07, 6.45) is 1.75. The number of fused-ring (bicyclic) bond motifs is 4. The number of carbonyl (C=O) groups excluding carboxylic acids is 2. The van der Waals surface area contributed by atoms with E-state index in [4.69, 9.17) is 0 Å². The van der Waals surface area contributed by atoms with Gasteiger partial charge in [0.25, 0.3) is 5.91 Å². The molecule has 0 saturated carbocycles. The van der Waals surface area contributed by atoms with Crippen LogP contribution in [0.15, 0.2) is 78.9 Å². The van der Waals surface area contributed by atoms with Gasteiger partial charge in [0.1, 0.15) is 0 Å². The van der Waals surface area contributed by atoms with Crippen LogP contribution in [0.1, 0.15) is 51.0 Å². The second-order valence-corrected chi connectivity index (χ2v) is 10.7. The van der Waals surface area contributed by atoms with Crippen molar-refractivity contribution in [1.29, 1.82) is 0 Å². The van der Waals surface area contributed by atoms with Crippen LogP contribution in [0.25, 0.3) is 0 Å². The third-order valence-electron chi connectivity index (χ3n) is 8.38. The van der Waals surface area contributed by atoms with Crippen LogP contribution in [-0.2, 0) is 17.8 Å². The van der Waals surface area contributed by atoms with Gasteiger partial charge in [0.05, 0.1) is 12.0 Å². The third-order valence-corrected chi connectivity index (χ3v) is 8.38. The van der Waals surface area contributed by atoms with Gasteiger partial charge in [-0.3, -0.25) is 14.5 Å². The maximum atomic E-state index is 13.7. The Balaban J connectivity index is 1.07. The Morgan fingerprint density at radius 1 is 0.789 bits per heavy atom. The molecule has 3 heterocycles. The summed E-state index contributed by atoms with van der Waals surface area (Å²) in [6.45, 7) is 7.56. The molecule has 2 amide bonds. The van der Waals surface area contributed by atoms with Crippen molar-refractivity contribution in [3.05, 3.63) is 107 Å². The Bertz CT molecular complexity index is 1290. The van der Waals surface area contributed by atoms with E-state index in [0.717, 1.165) is 63.2 Å². The zero-order valence-corrected chi connectivity index (χ0v) is 21.9. The fourth-order valence-electron chi connectivity index (χ4n) is 6.39. The van der Waals surface area contributed by atoms with E-state index >= 15 is 0 Å². The predicted molar refractivity (Wildman–Crippen MR) is 149 cm³/mol. The molecule has 6 heteroatoms. The largest absolute Gasteiger partial charge is 0.355 e. The van der Waals surface area contributed by atoms with Crippen molar-refractivity contribution in [2.75, 3.05) is 45.8 Å².